The van der Waals surface area contributed by atoms with Crippen LogP contribution in [0.1, 0.15) is 50.5 Å². The molecule has 1 aliphatic heterocycles. The van der Waals surface area contributed by atoms with E-state index in [4.69, 9.17) is 5.73 Å². The predicted octanol–water partition coefficient (Wildman–Crippen LogP) is 3.55. The summed E-state index contributed by atoms with van der Waals surface area (Å²) in [5, 5.41) is 0. The molecule has 2 fully saturated rings. The van der Waals surface area contributed by atoms with E-state index >= 15 is 0 Å². The molecule has 1 aliphatic carbocycles. The molecule has 2 aliphatic rings. The van der Waals surface area contributed by atoms with Crippen LogP contribution in [-0.2, 0) is 11.2 Å². The number of likely N-dealkylation sites (tertiary alicyclic amines) is 1. The van der Waals surface area contributed by atoms with Crippen LogP contribution in [0.25, 0.3) is 0 Å². The smallest absolute Gasteiger partial charge is 0.242 e. The van der Waals surface area contributed by atoms with Crippen molar-refractivity contribution in [1.29, 1.82) is 0 Å². The lowest BCUT2D eigenvalue weighted by atomic mass is 9.89. The first kappa shape index (κ1) is 18.3. The molecule has 1 heterocycles. The molecule has 0 atom stereocenters. The highest BCUT2D eigenvalue weighted by atomic mass is 35.5. The van der Waals surface area contributed by atoms with Crippen LogP contribution in [0.3, 0.4) is 0 Å². The summed E-state index contributed by atoms with van der Waals surface area (Å²) >= 11 is 0. The van der Waals surface area contributed by atoms with E-state index in [9.17, 15) is 4.79 Å². The van der Waals surface area contributed by atoms with Gasteiger partial charge in [0, 0.05) is 13.1 Å². The number of carbonyl (C=O) groups is 1. The third-order valence-electron chi connectivity index (χ3n) is 5.51. The quantitative estimate of drug-likeness (QED) is 0.914. The normalized spacial score (nSPS) is 21.0. The van der Waals surface area contributed by atoms with Gasteiger partial charge in [0.25, 0.3) is 0 Å². The maximum atomic E-state index is 12.6. The molecule has 1 aromatic rings. The van der Waals surface area contributed by atoms with Gasteiger partial charge in [-0.05, 0) is 50.0 Å². The molecule has 2 N–H and O–H groups in total. The standard InChI is InChI=1S/C19H28N2O.ClH/c20-19(12-4-5-13-19)18(22)21-14-10-17(11-15-21)9-8-16-6-2-1-3-7-16;/h1-3,6-7,17H,4-5,8-15,20H2;1H. The van der Waals surface area contributed by atoms with Gasteiger partial charge >= 0.3 is 0 Å². The number of halogens is 1. The number of hydrogen-bond acceptors (Lipinski definition) is 2. The molecule has 1 amide bonds. The summed E-state index contributed by atoms with van der Waals surface area (Å²) < 4.78 is 0. The second-order valence-electron chi connectivity index (χ2n) is 7.12. The Balaban J connectivity index is 0.00000192. The average molecular weight is 337 g/mol. The molecule has 0 bridgehead atoms. The molecule has 128 valence electrons. The molecule has 3 nitrogen and oxygen atoms in total. The number of aryl methyl sites for hydroxylation is 1. The van der Waals surface area contributed by atoms with Gasteiger partial charge in [0.1, 0.15) is 0 Å². The molecule has 0 unspecified atom stereocenters. The van der Waals surface area contributed by atoms with E-state index in [1.807, 2.05) is 4.90 Å². The highest BCUT2D eigenvalue weighted by molar-refractivity contribution is 5.86. The Bertz CT molecular complexity index is 491. The lowest BCUT2D eigenvalue weighted by Gasteiger charge is -2.36. The number of nitrogens with two attached hydrogens (primary N) is 1. The summed E-state index contributed by atoms with van der Waals surface area (Å²) in [5.74, 6) is 0.966. The van der Waals surface area contributed by atoms with Crippen molar-refractivity contribution in [2.24, 2.45) is 11.7 Å². The lowest BCUT2D eigenvalue weighted by Crippen LogP contribution is -2.55. The molecule has 0 aromatic heterocycles. The molecule has 3 rings (SSSR count). The minimum Gasteiger partial charge on any atom is -0.341 e. The topological polar surface area (TPSA) is 46.3 Å². The van der Waals surface area contributed by atoms with Crippen molar-refractivity contribution in [3.8, 4) is 0 Å². The van der Waals surface area contributed by atoms with Crippen molar-refractivity contribution in [3.05, 3.63) is 35.9 Å². The highest BCUT2D eigenvalue weighted by Crippen LogP contribution is 2.31. The lowest BCUT2D eigenvalue weighted by molar-refractivity contribution is -0.138. The average Bonchev–Trinajstić information content (AvgIpc) is 3.02. The van der Waals surface area contributed by atoms with Crippen molar-refractivity contribution in [3.63, 3.8) is 0 Å². The first-order chi connectivity index (χ1) is 10.7. The zero-order valence-corrected chi connectivity index (χ0v) is 14.7. The SMILES string of the molecule is Cl.NC1(C(=O)N2CCC(CCc3ccccc3)CC2)CCCC1. The molecule has 1 aromatic carbocycles. The number of piperidine rings is 1. The monoisotopic (exact) mass is 336 g/mol. The van der Waals surface area contributed by atoms with E-state index < -0.39 is 5.54 Å². The van der Waals surface area contributed by atoms with Crippen LogP contribution in [0.15, 0.2) is 30.3 Å². The van der Waals surface area contributed by atoms with E-state index in [2.05, 4.69) is 30.3 Å². The Labute approximate surface area is 146 Å². The van der Waals surface area contributed by atoms with E-state index in [-0.39, 0.29) is 18.3 Å². The first-order valence-electron chi connectivity index (χ1n) is 8.79. The Kier molecular flexibility index (Phi) is 6.49. The zero-order chi connectivity index (χ0) is 15.4. The fourth-order valence-corrected chi connectivity index (χ4v) is 3.97. The molecule has 1 saturated heterocycles. The second-order valence-corrected chi connectivity index (χ2v) is 7.12. The Hall–Kier alpha value is -1.06. The molecular formula is C19H29ClN2O. The minimum atomic E-state index is -0.545. The fraction of sp³-hybridized carbons (Fsp3) is 0.632. The minimum absolute atomic E-state index is 0. The first-order valence-corrected chi connectivity index (χ1v) is 8.79. The van der Waals surface area contributed by atoms with E-state index in [0.29, 0.717) is 0 Å². The van der Waals surface area contributed by atoms with Crippen LogP contribution < -0.4 is 5.73 Å². The van der Waals surface area contributed by atoms with Gasteiger partial charge < -0.3 is 10.6 Å². The molecule has 23 heavy (non-hydrogen) atoms. The van der Waals surface area contributed by atoms with Crippen molar-refractivity contribution in [2.75, 3.05) is 13.1 Å². The van der Waals surface area contributed by atoms with Crippen LogP contribution >= 0.6 is 12.4 Å². The van der Waals surface area contributed by atoms with Crippen LogP contribution in [0, 0.1) is 5.92 Å². The van der Waals surface area contributed by atoms with Gasteiger partial charge in [0.05, 0.1) is 5.54 Å². The number of benzene rings is 1. The summed E-state index contributed by atoms with van der Waals surface area (Å²) in [6.07, 6.45) is 8.62. The van der Waals surface area contributed by atoms with Crippen LogP contribution in [0.2, 0.25) is 0 Å². The van der Waals surface area contributed by atoms with E-state index in [0.717, 1.165) is 64.0 Å². The van der Waals surface area contributed by atoms with Crippen molar-refractivity contribution < 1.29 is 4.79 Å². The maximum absolute atomic E-state index is 12.6. The highest BCUT2D eigenvalue weighted by Gasteiger charge is 2.40. The van der Waals surface area contributed by atoms with Gasteiger partial charge in [-0.15, -0.1) is 12.4 Å². The predicted molar refractivity (Wildman–Crippen MR) is 96.7 cm³/mol. The van der Waals surface area contributed by atoms with Gasteiger partial charge in [-0.25, -0.2) is 0 Å². The number of nitrogens with zero attached hydrogens (tertiary/aromatic N) is 1. The van der Waals surface area contributed by atoms with Gasteiger partial charge in [-0.1, -0.05) is 43.2 Å². The summed E-state index contributed by atoms with van der Waals surface area (Å²) in [6.45, 7) is 1.80. The molecular weight excluding hydrogens is 308 g/mol. The van der Waals surface area contributed by atoms with Gasteiger partial charge in [-0.3, -0.25) is 4.79 Å². The van der Waals surface area contributed by atoms with Crippen LogP contribution in [-0.4, -0.2) is 29.4 Å². The summed E-state index contributed by atoms with van der Waals surface area (Å²) in [4.78, 5) is 14.6. The van der Waals surface area contributed by atoms with E-state index in [1.165, 1.54) is 12.0 Å². The van der Waals surface area contributed by atoms with Gasteiger partial charge in [0.2, 0.25) is 5.91 Å². The number of carbonyl (C=O) groups excluding carboxylic acids is 1. The summed E-state index contributed by atoms with van der Waals surface area (Å²) in [5.41, 5.74) is 7.19. The van der Waals surface area contributed by atoms with Crippen molar-refractivity contribution in [1.82, 2.24) is 4.90 Å². The number of amides is 1. The fourth-order valence-electron chi connectivity index (χ4n) is 3.97. The Morgan fingerprint density at radius 1 is 1.13 bits per heavy atom. The molecule has 0 spiro atoms. The van der Waals surface area contributed by atoms with Crippen LogP contribution in [0.5, 0.6) is 0 Å². The second kappa shape index (κ2) is 8.16. The van der Waals surface area contributed by atoms with Crippen LogP contribution in [0.4, 0.5) is 0 Å². The van der Waals surface area contributed by atoms with Gasteiger partial charge in [-0.2, -0.15) is 0 Å². The zero-order valence-electron chi connectivity index (χ0n) is 13.9. The Morgan fingerprint density at radius 3 is 2.35 bits per heavy atom. The molecule has 0 radical (unpaired) electrons. The third kappa shape index (κ3) is 4.48. The largest absolute Gasteiger partial charge is 0.341 e. The van der Waals surface area contributed by atoms with Crippen molar-refractivity contribution >= 4 is 18.3 Å². The third-order valence-corrected chi connectivity index (χ3v) is 5.51. The number of hydrogen-bond donors (Lipinski definition) is 1. The number of rotatable bonds is 4. The Morgan fingerprint density at radius 2 is 1.74 bits per heavy atom. The van der Waals surface area contributed by atoms with Crippen molar-refractivity contribution in [2.45, 2.75) is 56.9 Å². The maximum Gasteiger partial charge on any atom is 0.242 e. The molecule has 1 saturated carbocycles. The summed E-state index contributed by atoms with van der Waals surface area (Å²) in [7, 11) is 0. The molecule has 4 heteroatoms. The van der Waals surface area contributed by atoms with E-state index in [1.54, 1.807) is 0 Å². The summed E-state index contributed by atoms with van der Waals surface area (Å²) in [6, 6.07) is 10.7. The van der Waals surface area contributed by atoms with Gasteiger partial charge in [0.15, 0.2) is 0 Å².